The monoisotopic (exact) mass is 288 g/mol. The fraction of sp³-hybridized carbons (Fsp3) is 0.462. The summed E-state index contributed by atoms with van der Waals surface area (Å²) < 4.78 is 26.2. The molecular weight excluding hydrogens is 270 g/mol. The highest BCUT2D eigenvalue weighted by Gasteiger charge is 2.18. The lowest BCUT2D eigenvalue weighted by Gasteiger charge is -2.21. The highest BCUT2D eigenvalue weighted by atomic mass is 32.2. The zero-order valence-electron chi connectivity index (χ0n) is 11.0. The molecule has 0 aliphatic carbocycles. The van der Waals surface area contributed by atoms with Gasteiger partial charge in [-0.05, 0) is 24.5 Å². The molecule has 0 saturated heterocycles. The van der Waals surface area contributed by atoms with Crippen molar-refractivity contribution >= 4 is 17.7 Å². The van der Waals surface area contributed by atoms with Gasteiger partial charge >= 0.3 is 0 Å². The number of thioether (sulfide) groups is 1. The number of carbonyl (C=O) groups is 1. The molecule has 1 aromatic carbocycles. The maximum Gasteiger partial charge on any atom is 0.239 e. The molecule has 0 spiro atoms. The first-order valence-corrected chi connectivity index (χ1v) is 7.28. The van der Waals surface area contributed by atoms with Gasteiger partial charge < -0.3 is 10.6 Å². The largest absolute Gasteiger partial charge is 0.340 e. The van der Waals surface area contributed by atoms with Gasteiger partial charge in [0, 0.05) is 25.2 Å². The molecule has 1 rings (SSSR count). The van der Waals surface area contributed by atoms with E-state index in [4.69, 9.17) is 5.73 Å². The summed E-state index contributed by atoms with van der Waals surface area (Å²) in [4.78, 5) is 13.3. The Morgan fingerprint density at radius 1 is 1.47 bits per heavy atom. The van der Waals surface area contributed by atoms with Crippen molar-refractivity contribution in [3.05, 3.63) is 35.4 Å². The minimum atomic E-state index is -0.655. The molecule has 1 atom stereocenters. The number of hydrogen-bond acceptors (Lipinski definition) is 3. The summed E-state index contributed by atoms with van der Waals surface area (Å²) in [6, 6.07) is 2.73. The van der Waals surface area contributed by atoms with Crippen molar-refractivity contribution < 1.29 is 13.6 Å². The predicted octanol–water partition coefficient (Wildman–Crippen LogP) is 2.00. The number of benzene rings is 1. The van der Waals surface area contributed by atoms with E-state index in [0.29, 0.717) is 6.42 Å². The van der Waals surface area contributed by atoms with Crippen LogP contribution >= 0.6 is 11.8 Å². The molecule has 0 bridgehead atoms. The third-order valence-electron chi connectivity index (χ3n) is 2.75. The number of nitrogens with two attached hydrogens (primary N) is 1. The molecule has 0 fully saturated rings. The van der Waals surface area contributed by atoms with E-state index in [1.54, 1.807) is 18.8 Å². The molecule has 0 radical (unpaired) electrons. The van der Waals surface area contributed by atoms with Crippen LogP contribution in [0.25, 0.3) is 0 Å². The lowest BCUT2D eigenvalue weighted by Crippen LogP contribution is -2.41. The summed E-state index contributed by atoms with van der Waals surface area (Å²) in [6.07, 6.45) is 2.52. The Balaban J connectivity index is 2.63. The van der Waals surface area contributed by atoms with Crippen molar-refractivity contribution in [1.82, 2.24) is 4.90 Å². The standard InChI is InChI=1S/C13H18F2N2OS/c1-17(13(18)12(16)5-6-19-2)8-9-3-4-10(14)7-11(9)15/h3-4,7,12H,5-6,8,16H2,1-2H3/t12-/m0/s1. The molecule has 6 heteroatoms. The number of hydrogen-bond donors (Lipinski definition) is 1. The number of amides is 1. The van der Waals surface area contributed by atoms with E-state index in [1.807, 2.05) is 6.26 Å². The molecule has 0 aromatic heterocycles. The quantitative estimate of drug-likeness (QED) is 0.871. The molecule has 0 aliphatic rings. The van der Waals surface area contributed by atoms with Crippen LogP contribution in [-0.4, -0.2) is 35.9 Å². The van der Waals surface area contributed by atoms with E-state index < -0.39 is 17.7 Å². The Morgan fingerprint density at radius 3 is 2.74 bits per heavy atom. The van der Waals surface area contributed by atoms with Gasteiger partial charge in [-0.1, -0.05) is 6.07 Å². The lowest BCUT2D eigenvalue weighted by molar-refractivity contribution is -0.131. The van der Waals surface area contributed by atoms with E-state index >= 15 is 0 Å². The molecule has 1 aromatic rings. The van der Waals surface area contributed by atoms with Crippen LogP contribution in [0, 0.1) is 11.6 Å². The van der Waals surface area contributed by atoms with Gasteiger partial charge in [-0.2, -0.15) is 11.8 Å². The van der Waals surface area contributed by atoms with Crippen molar-refractivity contribution in [3.63, 3.8) is 0 Å². The van der Waals surface area contributed by atoms with Gasteiger partial charge in [0.1, 0.15) is 11.6 Å². The molecule has 1 amide bonds. The van der Waals surface area contributed by atoms with Crippen LogP contribution in [0.15, 0.2) is 18.2 Å². The van der Waals surface area contributed by atoms with E-state index in [1.165, 1.54) is 17.0 Å². The van der Waals surface area contributed by atoms with Crippen LogP contribution in [0.4, 0.5) is 8.78 Å². The Morgan fingerprint density at radius 2 is 2.16 bits per heavy atom. The molecule has 2 N–H and O–H groups in total. The van der Waals surface area contributed by atoms with Gasteiger partial charge in [-0.15, -0.1) is 0 Å². The number of rotatable bonds is 6. The second-order valence-corrected chi connectivity index (χ2v) is 5.30. The van der Waals surface area contributed by atoms with Crippen LogP contribution in [0.5, 0.6) is 0 Å². The summed E-state index contributed by atoms with van der Waals surface area (Å²) in [5, 5.41) is 0. The summed E-state index contributed by atoms with van der Waals surface area (Å²) >= 11 is 1.61. The number of likely N-dealkylation sites (N-methyl/N-ethyl adjacent to an activating group) is 1. The van der Waals surface area contributed by atoms with Crippen LogP contribution in [0.2, 0.25) is 0 Å². The average molecular weight is 288 g/mol. The predicted molar refractivity (Wildman–Crippen MR) is 73.8 cm³/mol. The highest BCUT2D eigenvalue weighted by Crippen LogP contribution is 2.12. The van der Waals surface area contributed by atoms with Gasteiger partial charge in [0.15, 0.2) is 0 Å². The van der Waals surface area contributed by atoms with Crippen LogP contribution in [-0.2, 0) is 11.3 Å². The second-order valence-electron chi connectivity index (χ2n) is 4.32. The van der Waals surface area contributed by atoms with E-state index in [0.717, 1.165) is 11.8 Å². The van der Waals surface area contributed by atoms with E-state index in [2.05, 4.69) is 0 Å². The van der Waals surface area contributed by atoms with Crippen molar-refractivity contribution in [2.75, 3.05) is 19.1 Å². The van der Waals surface area contributed by atoms with E-state index in [9.17, 15) is 13.6 Å². The molecule has 19 heavy (non-hydrogen) atoms. The Hall–Kier alpha value is -1.14. The minimum Gasteiger partial charge on any atom is -0.340 e. The normalized spacial score (nSPS) is 12.3. The third-order valence-corrected chi connectivity index (χ3v) is 3.39. The minimum absolute atomic E-state index is 0.0813. The maximum absolute atomic E-state index is 13.5. The Bertz CT molecular complexity index is 443. The summed E-state index contributed by atoms with van der Waals surface area (Å²) in [7, 11) is 1.56. The topological polar surface area (TPSA) is 46.3 Å². The fourth-order valence-corrected chi connectivity index (χ4v) is 2.12. The van der Waals surface area contributed by atoms with Gasteiger partial charge in [-0.25, -0.2) is 8.78 Å². The zero-order valence-corrected chi connectivity index (χ0v) is 11.8. The van der Waals surface area contributed by atoms with Crippen LogP contribution in [0.3, 0.4) is 0 Å². The van der Waals surface area contributed by atoms with Gasteiger partial charge in [0.05, 0.1) is 6.04 Å². The SMILES string of the molecule is CSCC[C@H](N)C(=O)N(C)Cc1ccc(F)cc1F. The third kappa shape index (κ3) is 4.80. The Kier molecular flexibility index (Phi) is 6.24. The second kappa shape index (κ2) is 7.45. The summed E-state index contributed by atoms with van der Waals surface area (Å²) in [6.45, 7) is 0.0813. The van der Waals surface area contributed by atoms with Crippen LogP contribution < -0.4 is 5.73 Å². The first kappa shape index (κ1) is 15.9. The highest BCUT2D eigenvalue weighted by molar-refractivity contribution is 7.98. The average Bonchev–Trinajstić information content (AvgIpc) is 2.38. The molecule has 3 nitrogen and oxygen atoms in total. The summed E-state index contributed by atoms with van der Waals surface area (Å²) in [5.41, 5.74) is 6.03. The maximum atomic E-state index is 13.5. The van der Waals surface area contributed by atoms with Crippen LogP contribution in [0.1, 0.15) is 12.0 Å². The number of nitrogens with zero attached hydrogens (tertiary/aromatic N) is 1. The number of halogens is 2. The van der Waals surface area contributed by atoms with Crippen molar-refractivity contribution in [1.29, 1.82) is 0 Å². The molecule has 0 heterocycles. The van der Waals surface area contributed by atoms with Crippen molar-refractivity contribution in [3.8, 4) is 0 Å². The lowest BCUT2D eigenvalue weighted by atomic mass is 10.1. The zero-order chi connectivity index (χ0) is 14.4. The molecule has 106 valence electrons. The Labute approximate surface area is 116 Å². The fourth-order valence-electron chi connectivity index (χ4n) is 1.63. The van der Waals surface area contributed by atoms with Gasteiger partial charge in [0.2, 0.25) is 5.91 Å². The molecular formula is C13H18F2N2OS. The molecule has 0 unspecified atom stereocenters. The van der Waals surface area contributed by atoms with Crippen molar-refractivity contribution in [2.24, 2.45) is 5.73 Å². The first-order chi connectivity index (χ1) is 8.95. The van der Waals surface area contributed by atoms with Gasteiger partial charge in [-0.3, -0.25) is 4.79 Å². The van der Waals surface area contributed by atoms with Crippen molar-refractivity contribution in [2.45, 2.75) is 19.0 Å². The van der Waals surface area contributed by atoms with Gasteiger partial charge in [0.25, 0.3) is 0 Å². The smallest absolute Gasteiger partial charge is 0.239 e. The molecule has 0 saturated carbocycles. The summed E-state index contributed by atoms with van der Waals surface area (Å²) in [5.74, 6) is -0.729. The van der Waals surface area contributed by atoms with E-state index in [-0.39, 0.29) is 18.0 Å². The molecule has 0 aliphatic heterocycles. The number of carbonyl (C=O) groups excluding carboxylic acids is 1. The first-order valence-electron chi connectivity index (χ1n) is 5.89.